The number of carbonyl (C=O) groups excluding carboxylic acids is 1. The van der Waals surface area contributed by atoms with Crippen LogP contribution in [0.15, 0.2) is 60.8 Å². The molecule has 0 radical (unpaired) electrons. The summed E-state index contributed by atoms with van der Waals surface area (Å²) < 4.78 is 17.4. The molecule has 1 aromatic heterocycles. The Morgan fingerprint density at radius 2 is 1.50 bits per heavy atom. The van der Waals surface area contributed by atoms with Gasteiger partial charge in [-0.2, -0.15) is 5.10 Å². The summed E-state index contributed by atoms with van der Waals surface area (Å²) in [5, 5.41) is 4.28. The SMILES string of the molecule is COc1ccccc1OC(=O)c1nn(-c2ccccc2)cc1OC. The molecule has 122 valence electrons. The molecule has 0 aliphatic carbocycles. The second-order valence-electron chi connectivity index (χ2n) is 4.87. The highest BCUT2D eigenvalue weighted by Gasteiger charge is 2.21. The zero-order valence-corrected chi connectivity index (χ0v) is 13.3. The Hall–Kier alpha value is -3.28. The van der Waals surface area contributed by atoms with Crippen LogP contribution in [0.2, 0.25) is 0 Å². The van der Waals surface area contributed by atoms with E-state index in [9.17, 15) is 4.79 Å². The van der Waals surface area contributed by atoms with Crippen LogP contribution in [0.4, 0.5) is 0 Å². The number of carbonyl (C=O) groups is 1. The summed E-state index contributed by atoms with van der Waals surface area (Å²) in [7, 11) is 2.99. The van der Waals surface area contributed by atoms with Gasteiger partial charge in [0.25, 0.3) is 0 Å². The Bertz CT molecular complexity index is 843. The summed E-state index contributed by atoms with van der Waals surface area (Å²) in [6, 6.07) is 16.3. The fourth-order valence-corrected chi connectivity index (χ4v) is 2.21. The van der Waals surface area contributed by atoms with Crippen molar-refractivity contribution >= 4 is 5.97 Å². The molecule has 0 aliphatic heterocycles. The van der Waals surface area contributed by atoms with Crippen molar-refractivity contribution in [2.75, 3.05) is 14.2 Å². The van der Waals surface area contributed by atoms with Gasteiger partial charge in [-0.3, -0.25) is 0 Å². The lowest BCUT2D eigenvalue weighted by Crippen LogP contribution is -2.11. The van der Waals surface area contributed by atoms with Crippen molar-refractivity contribution in [2.45, 2.75) is 0 Å². The highest BCUT2D eigenvalue weighted by atomic mass is 16.6. The third-order valence-electron chi connectivity index (χ3n) is 3.39. The van der Waals surface area contributed by atoms with Crippen LogP contribution in [0.25, 0.3) is 5.69 Å². The number of nitrogens with zero attached hydrogens (tertiary/aromatic N) is 2. The summed E-state index contributed by atoms with van der Waals surface area (Å²) in [4.78, 5) is 12.5. The maximum Gasteiger partial charge on any atom is 0.368 e. The van der Waals surface area contributed by atoms with Crippen LogP contribution in [0.5, 0.6) is 17.2 Å². The number of aromatic nitrogens is 2. The average Bonchev–Trinajstić information content (AvgIpc) is 3.07. The molecule has 3 aromatic rings. The lowest BCUT2D eigenvalue weighted by Gasteiger charge is -2.08. The largest absolute Gasteiger partial charge is 0.493 e. The monoisotopic (exact) mass is 324 g/mol. The van der Waals surface area contributed by atoms with E-state index in [-0.39, 0.29) is 5.69 Å². The van der Waals surface area contributed by atoms with Crippen LogP contribution in [-0.2, 0) is 0 Å². The van der Waals surface area contributed by atoms with Gasteiger partial charge in [0.05, 0.1) is 26.1 Å². The van der Waals surface area contributed by atoms with E-state index in [4.69, 9.17) is 14.2 Å². The first kappa shape index (κ1) is 15.6. The second kappa shape index (κ2) is 6.87. The molecular weight excluding hydrogens is 308 g/mol. The van der Waals surface area contributed by atoms with E-state index >= 15 is 0 Å². The molecule has 0 bridgehead atoms. The van der Waals surface area contributed by atoms with Crippen LogP contribution in [0.1, 0.15) is 10.5 Å². The number of methoxy groups -OCH3 is 2. The Kier molecular flexibility index (Phi) is 4.47. The maximum atomic E-state index is 12.5. The van der Waals surface area contributed by atoms with Crippen molar-refractivity contribution in [1.29, 1.82) is 0 Å². The van der Waals surface area contributed by atoms with E-state index in [2.05, 4.69) is 5.10 Å². The molecule has 6 nitrogen and oxygen atoms in total. The normalized spacial score (nSPS) is 10.2. The van der Waals surface area contributed by atoms with Crippen molar-refractivity contribution in [1.82, 2.24) is 9.78 Å². The van der Waals surface area contributed by atoms with Crippen molar-refractivity contribution in [3.8, 4) is 22.9 Å². The molecule has 0 saturated heterocycles. The summed E-state index contributed by atoms with van der Waals surface area (Å²) in [5.41, 5.74) is 0.902. The summed E-state index contributed by atoms with van der Waals surface area (Å²) in [6.07, 6.45) is 1.63. The molecular formula is C18H16N2O4. The van der Waals surface area contributed by atoms with Crippen LogP contribution < -0.4 is 14.2 Å². The molecule has 0 unspecified atom stereocenters. The van der Waals surface area contributed by atoms with E-state index in [1.165, 1.54) is 14.2 Å². The van der Waals surface area contributed by atoms with Crippen LogP contribution in [-0.4, -0.2) is 30.0 Å². The van der Waals surface area contributed by atoms with Crippen molar-refractivity contribution < 1.29 is 19.0 Å². The van der Waals surface area contributed by atoms with Crippen LogP contribution >= 0.6 is 0 Å². The fourth-order valence-electron chi connectivity index (χ4n) is 2.21. The topological polar surface area (TPSA) is 62.6 Å². The molecule has 2 aromatic carbocycles. The standard InChI is InChI=1S/C18H16N2O4/c1-22-14-10-6-7-11-15(14)24-18(21)17-16(23-2)12-20(19-17)13-8-4-3-5-9-13/h3-12H,1-2H3. The zero-order valence-electron chi connectivity index (χ0n) is 13.3. The molecule has 6 heteroatoms. The summed E-state index contributed by atoms with van der Waals surface area (Å²) in [5.74, 6) is 0.499. The lowest BCUT2D eigenvalue weighted by atomic mass is 10.3. The van der Waals surface area contributed by atoms with Crippen molar-refractivity contribution in [2.24, 2.45) is 0 Å². The predicted molar refractivity (Wildman–Crippen MR) is 88.1 cm³/mol. The number of benzene rings is 2. The quantitative estimate of drug-likeness (QED) is 0.533. The van der Waals surface area contributed by atoms with Crippen LogP contribution in [0.3, 0.4) is 0 Å². The van der Waals surface area contributed by atoms with E-state index in [1.807, 2.05) is 30.3 Å². The third kappa shape index (κ3) is 3.08. The second-order valence-corrected chi connectivity index (χ2v) is 4.87. The Morgan fingerprint density at radius 3 is 2.17 bits per heavy atom. The number of para-hydroxylation sites is 3. The molecule has 0 N–H and O–H groups in total. The predicted octanol–water partition coefficient (Wildman–Crippen LogP) is 3.11. The van der Waals surface area contributed by atoms with E-state index < -0.39 is 5.97 Å². The molecule has 0 aliphatic rings. The van der Waals surface area contributed by atoms with Gasteiger partial charge < -0.3 is 14.2 Å². The first-order valence-electron chi connectivity index (χ1n) is 7.27. The van der Waals surface area contributed by atoms with Gasteiger partial charge in [-0.1, -0.05) is 30.3 Å². The molecule has 0 atom stereocenters. The summed E-state index contributed by atoms with van der Waals surface area (Å²) in [6.45, 7) is 0. The molecule has 24 heavy (non-hydrogen) atoms. The van der Waals surface area contributed by atoms with Gasteiger partial charge in [-0.05, 0) is 24.3 Å². The Labute approximate surface area is 139 Å². The minimum atomic E-state index is -0.619. The molecule has 0 fully saturated rings. The fraction of sp³-hybridized carbons (Fsp3) is 0.111. The Morgan fingerprint density at radius 1 is 0.875 bits per heavy atom. The van der Waals surface area contributed by atoms with E-state index in [1.54, 1.807) is 35.1 Å². The van der Waals surface area contributed by atoms with Gasteiger partial charge in [0.15, 0.2) is 17.2 Å². The maximum absolute atomic E-state index is 12.5. The van der Waals surface area contributed by atoms with E-state index in [0.717, 1.165) is 5.69 Å². The van der Waals surface area contributed by atoms with Crippen molar-refractivity contribution in [3.05, 3.63) is 66.5 Å². The minimum absolute atomic E-state index is 0.0901. The number of hydrogen-bond acceptors (Lipinski definition) is 5. The number of ether oxygens (including phenoxy) is 3. The van der Waals surface area contributed by atoms with Crippen LogP contribution in [0, 0.1) is 0 Å². The van der Waals surface area contributed by atoms with Gasteiger partial charge in [-0.25, -0.2) is 9.48 Å². The Balaban J connectivity index is 1.91. The summed E-state index contributed by atoms with van der Waals surface area (Å²) >= 11 is 0. The smallest absolute Gasteiger partial charge is 0.368 e. The average molecular weight is 324 g/mol. The first-order valence-corrected chi connectivity index (χ1v) is 7.27. The first-order chi connectivity index (χ1) is 11.7. The van der Waals surface area contributed by atoms with E-state index in [0.29, 0.717) is 17.2 Å². The highest BCUT2D eigenvalue weighted by molar-refractivity contribution is 5.92. The van der Waals surface area contributed by atoms with Gasteiger partial charge >= 0.3 is 5.97 Å². The molecule has 0 spiro atoms. The van der Waals surface area contributed by atoms with Gasteiger partial charge in [-0.15, -0.1) is 0 Å². The molecule has 1 heterocycles. The highest BCUT2D eigenvalue weighted by Crippen LogP contribution is 2.28. The number of rotatable bonds is 5. The molecule has 0 amide bonds. The van der Waals surface area contributed by atoms with Gasteiger partial charge in [0, 0.05) is 0 Å². The lowest BCUT2D eigenvalue weighted by molar-refractivity contribution is 0.0719. The molecule has 3 rings (SSSR count). The van der Waals surface area contributed by atoms with Gasteiger partial charge in [0.1, 0.15) is 0 Å². The third-order valence-corrected chi connectivity index (χ3v) is 3.39. The minimum Gasteiger partial charge on any atom is -0.493 e. The van der Waals surface area contributed by atoms with Gasteiger partial charge in [0.2, 0.25) is 5.69 Å². The number of hydrogen-bond donors (Lipinski definition) is 0. The zero-order chi connectivity index (χ0) is 16.9. The van der Waals surface area contributed by atoms with Crippen molar-refractivity contribution in [3.63, 3.8) is 0 Å². The molecule has 0 saturated carbocycles. The number of esters is 1.